The molecule has 0 aliphatic carbocycles. The molecule has 1 N–H and O–H groups in total. The molecule has 0 spiro atoms. The summed E-state index contributed by atoms with van der Waals surface area (Å²) in [5, 5.41) is 3.20. The second-order valence-electron chi connectivity index (χ2n) is 5.00. The Kier molecular flexibility index (Phi) is 3.60. The summed E-state index contributed by atoms with van der Waals surface area (Å²) in [4.78, 5) is 13.9. The lowest BCUT2D eigenvalue weighted by Gasteiger charge is -2.13. The van der Waals surface area contributed by atoms with Crippen molar-refractivity contribution in [2.24, 2.45) is 0 Å². The van der Waals surface area contributed by atoms with Crippen LogP contribution in [0.25, 0.3) is 6.08 Å². The molecule has 1 amide bonds. The fourth-order valence-electron chi connectivity index (χ4n) is 2.49. The number of fused-ring (bicyclic) bond motifs is 1. The third kappa shape index (κ3) is 2.63. The van der Waals surface area contributed by atoms with Crippen molar-refractivity contribution in [3.05, 3.63) is 29.8 Å². The zero-order valence-corrected chi connectivity index (χ0v) is 11.5. The highest BCUT2D eigenvalue weighted by molar-refractivity contribution is 5.92. The van der Waals surface area contributed by atoms with Gasteiger partial charge in [0, 0.05) is 25.2 Å². The van der Waals surface area contributed by atoms with Crippen LogP contribution >= 0.6 is 0 Å². The van der Waals surface area contributed by atoms with Crippen molar-refractivity contribution in [3.63, 3.8) is 0 Å². The molecule has 20 heavy (non-hydrogen) atoms. The molecule has 106 valence electrons. The molecule has 1 unspecified atom stereocenters. The van der Waals surface area contributed by atoms with Crippen molar-refractivity contribution >= 4 is 12.0 Å². The number of carbonyl (C=O) groups is 1. The van der Waals surface area contributed by atoms with Crippen LogP contribution in [0, 0.1) is 0 Å². The number of rotatable bonds is 3. The molecule has 1 fully saturated rings. The lowest BCUT2D eigenvalue weighted by molar-refractivity contribution is -0.125. The minimum atomic E-state index is 0.0559. The predicted octanol–water partition coefficient (Wildman–Crippen LogP) is 1.25. The van der Waals surface area contributed by atoms with Crippen LogP contribution in [0.1, 0.15) is 12.0 Å². The van der Waals surface area contributed by atoms with Crippen molar-refractivity contribution in [2.45, 2.75) is 12.5 Å². The maximum Gasteiger partial charge on any atom is 0.246 e. The zero-order valence-electron chi connectivity index (χ0n) is 11.5. The average molecular weight is 274 g/mol. The van der Waals surface area contributed by atoms with Gasteiger partial charge >= 0.3 is 0 Å². The van der Waals surface area contributed by atoms with Gasteiger partial charge in [-0.15, -0.1) is 0 Å². The first-order valence-corrected chi connectivity index (χ1v) is 6.80. The average Bonchev–Trinajstić information content (AvgIpc) is 3.12. The van der Waals surface area contributed by atoms with Crippen LogP contribution in [0.3, 0.4) is 0 Å². The summed E-state index contributed by atoms with van der Waals surface area (Å²) in [5.41, 5.74) is 0.937. The normalized spacial score (nSPS) is 20.9. The van der Waals surface area contributed by atoms with Gasteiger partial charge in [-0.2, -0.15) is 0 Å². The van der Waals surface area contributed by atoms with Gasteiger partial charge in [0.25, 0.3) is 0 Å². The minimum absolute atomic E-state index is 0.0559. The molecular weight excluding hydrogens is 256 g/mol. The van der Waals surface area contributed by atoms with Crippen LogP contribution in [0.5, 0.6) is 11.5 Å². The van der Waals surface area contributed by atoms with Gasteiger partial charge in [0.15, 0.2) is 11.5 Å². The first-order valence-electron chi connectivity index (χ1n) is 6.80. The quantitative estimate of drug-likeness (QED) is 0.843. The van der Waals surface area contributed by atoms with E-state index < -0.39 is 0 Å². The number of likely N-dealkylation sites (tertiary alicyclic amines) is 1. The van der Waals surface area contributed by atoms with Crippen LogP contribution in [0.2, 0.25) is 0 Å². The Bertz CT molecular complexity index is 542. The van der Waals surface area contributed by atoms with E-state index in [1.165, 1.54) is 0 Å². The predicted molar refractivity (Wildman–Crippen MR) is 75.6 cm³/mol. The highest BCUT2D eigenvalue weighted by Crippen LogP contribution is 2.32. The lowest BCUT2D eigenvalue weighted by atomic mass is 10.2. The lowest BCUT2D eigenvalue weighted by Crippen LogP contribution is -2.32. The number of benzene rings is 1. The molecule has 0 bridgehead atoms. The second-order valence-corrected chi connectivity index (χ2v) is 5.00. The number of likely N-dealkylation sites (N-methyl/N-ethyl adjacent to an activating group) is 1. The van der Waals surface area contributed by atoms with Gasteiger partial charge in [0.05, 0.1) is 0 Å². The molecule has 2 aliphatic rings. The van der Waals surface area contributed by atoms with Gasteiger partial charge in [-0.25, -0.2) is 0 Å². The van der Waals surface area contributed by atoms with E-state index in [0.717, 1.165) is 36.6 Å². The summed E-state index contributed by atoms with van der Waals surface area (Å²) in [6, 6.07) is 6.07. The van der Waals surface area contributed by atoms with E-state index in [1.807, 2.05) is 36.2 Å². The first kappa shape index (κ1) is 13.0. The monoisotopic (exact) mass is 274 g/mol. The largest absolute Gasteiger partial charge is 0.454 e. The third-order valence-electron chi connectivity index (χ3n) is 3.72. The maximum absolute atomic E-state index is 12.1. The summed E-state index contributed by atoms with van der Waals surface area (Å²) in [6.07, 6.45) is 4.45. The third-order valence-corrected chi connectivity index (χ3v) is 3.72. The fourth-order valence-corrected chi connectivity index (χ4v) is 2.49. The number of nitrogens with zero attached hydrogens (tertiary/aromatic N) is 1. The number of nitrogens with one attached hydrogen (secondary N) is 1. The maximum atomic E-state index is 12.1. The molecule has 2 heterocycles. The van der Waals surface area contributed by atoms with Crippen molar-refractivity contribution in [3.8, 4) is 11.5 Å². The number of carbonyl (C=O) groups excluding carboxylic acids is 1. The van der Waals surface area contributed by atoms with Gasteiger partial charge in [-0.3, -0.25) is 4.79 Å². The fraction of sp³-hybridized carbons (Fsp3) is 0.400. The van der Waals surface area contributed by atoms with Crippen molar-refractivity contribution in [2.75, 3.05) is 26.9 Å². The number of ether oxygens (including phenoxy) is 2. The Morgan fingerprint density at radius 1 is 1.40 bits per heavy atom. The van der Waals surface area contributed by atoms with Crippen LogP contribution in [-0.2, 0) is 4.79 Å². The van der Waals surface area contributed by atoms with E-state index in [9.17, 15) is 4.79 Å². The number of amides is 1. The van der Waals surface area contributed by atoms with E-state index in [1.54, 1.807) is 6.08 Å². The molecule has 5 heteroatoms. The molecule has 1 aromatic carbocycles. The van der Waals surface area contributed by atoms with Crippen molar-refractivity contribution < 1.29 is 14.3 Å². The Morgan fingerprint density at radius 3 is 3.05 bits per heavy atom. The summed E-state index contributed by atoms with van der Waals surface area (Å²) in [7, 11) is 1.93. The molecule has 2 aliphatic heterocycles. The van der Waals surface area contributed by atoms with Gasteiger partial charge in [0.2, 0.25) is 12.7 Å². The van der Waals surface area contributed by atoms with E-state index in [-0.39, 0.29) is 12.7 Å². The molecule has 1 aromatic rings. The van der Waals surface area contributed by atoms with Crippen LogP contribution in [-0.4, -0.2) is 43.8 Å². The number of hydrogen-bond donors (Lipinski definition) is 1. The van der Waals surface area contributed by atoms with E-state index >= 15 is 0 Å². The van der Waals surface area contributed by atoms with Crippen LogP contribution < -0.4 is 14.8 Å². The Hall–Kier alpha value is -2.01. The standard InChI is InChI=1S/C15H18N2O3/c1-16-12-6-7-17(9-12)15(18)5-3-11-2-4-13-14(8-11)20-10-19-13/h2-5,8,12,16H,6-7,9-10H2,1H3/b5-3+. The molecule has 0 saturated carbocycles. The molecule has 1 atom stereocenters. The Labute approximate surface area is 118 Å². The second kappa shape index (κ2) is 5.54. The topological polar surface area (TPSA) is 50.8 Å². The Morgan fingerprint density at radius 2 is 2.25 bits per heavy atom. The van der Waals surface area contributed by atoms with E-state index in [2.05, 4.69) is 5.32 Å². The zero-order chi connectivity index (χ0) is 13.9. The first-order chi connectivity index (χ1) is 9.76. The SMILES string of the molecule is CNC1CCN(C(=O)/C=C/c2ccc3c(c2)OCO3)C1. The molecule has 0 radical (unpaired) electrons. The molecule has 1 saturated heterocycles. The summed E-state index contributed by atoms with van der Waals surface area (Å²) in [5.74, 6) is 1.54. The van der Waals surface area contributed by atoms with Crippen molar-refractivity contribution in [1.82, 2.24) is 10.2 Å². The number of hydrogen-bond acceptors (Lipinski definition) is 4. The van der Waals surface area contributed by atoms with E-state index in [4.69, 9.17) is 9.47 Å². The Balaban J connectivity index is 1.64. The van der Waals surface area contributed by atoms with Crippen molar-refractivity contribution in [1.29, 1.82) is 0 Å². The summed E-state index contributed by atoms with van der Waals surface area (Å²) >= 11 is 0. The minimum Gasteiger partial charge on any atom is -0.454 e. The highest BCUT2D eigenvalue weighted by atomic mass is 16.7. The van der Waals surface area contributed by atoms with Crippen LogP contribution in [0.15, 0.2) is 24.3 Å². The molecule has 3 rings (SSSR count). The summed E-state index contributed by atoms with van der Waals surface area (Å²) < 4.78 is 10.6. The van der Waals surface area contributed by atoms with Gasteiger partial charge < -0.3 is 19.7 Å². The van der Waals surface area contributed by atoms with Gasteiger partial charge in [-0.05, 0) is 37.2 Å². The van der Waals surface area contributed by atoms with Gasteiger partial charge in [-0.1, -0.05) is 6.07 Å². The van der Waals surface area contributed by atoms with Gasteiger partial charge in [0.1, 0.15) is 0 Å². The molecular formula is C15H18N2O3. The van der Waals surface area contributed by atoms with Crippen LogP contribution in [0.4, 0.5) is 0 Å². The highest BCUT2D eigenvalue weighted by Gasteiger charge is 2.23. The smallest absolute Gasteiger partial charge is 0.246 e. The van der Waals surface area contributed by atoms with E-state index in [0.29, 0.717) is 6.04 Å². The summed E-state index contributed by atoms with van der Waals surface area (Å²) in [6.45, 7) is 1.86. The molecule has 0 aromatic heterocycles. The molecule has 5 nitrogen and oxygen atoms in total.